The van der Waals surface area contributed by atoms with Crippen LogP contribution < -0.4 is 10.7 Å². The number of hydrogen-bond donors (Lipinski definition) is 2. The molecule has 0 radical (unpaired) electrons. The number of aromatic nitrogens is 1. The Morgan fingerprint density at radius 2 is 1.77 bits per heavy atom. The van der Waals surface area contributed by atoms with Crippen LogP contribution >= 0.6 is 15.9 Å². The first-order valence-electron chi connectivity index (χ1n) is 10.0. The average Bonchev–Trinajstić information content (AvgIpc) is 3.05. The van der Waals surface area contributed by atoms with Gasteiger partial charge in [-0.1, -0.05) is 48.5 Å². The third-order valence-electron chi connectivity index (χ3n) is 5.19. The van der Waals surface area contributed by atoms with Gasteiger partial charge in [0.25, 0.3) is 5.91 Å². The second-order valence-corrected chi connectivity index (χ2v) is 8.14. The maximum Gasteiger partial charge on any atom is 0.259 e. The van der Waals surface area contributed by atoms with Gasteiger partial charge in [-0.05, 0) is 59.4 Å². The number of aryl methyl sites for hydroxylation is 1. The van der Waals surface area contributed by atoms with Gasteiger partial charge in [-0.25, -0.2) is 5.43 Å². The third kappa shape index (κ3) is 4.54. The lowest BCUT2D eigenvalue weighted by Crippen LogP contribution is -2.25. The molecule has 0 aliphatic carbocycles. The summed E-state index contributed by atoms with van der Waals surface area (Å²) in [7, 11) is 0. The summed E-state index contributed by atoms with van der Waals surface area (Å²) in [5.74, 6) is -0.205. The van der Waals surface area contributed by atoms with Crippen LogP contribution in [0.25, 0.3) is 16.5 Å². The second kappa shape index (κ2) is 9.18. The van der Waals surface area contributed by atoms with Gasteiger partial charge in [0.1, 0.15) is 0 Å². The van der Waals surface area contributed by atoms with E-state index in [2.05, 4.69) is 67.5 Å². The fourth-order valence-electron chi connectivity index (χ4n) is 3.69. The summed E-state index contributed by atoms with van der Waals surface area (Å²) in [5.41, 5.74) is 7.70. The lowest BCUT2D eigenvalue weighted by atomic mass is 10.1. The molecule has 3 aromatic carbocycles. The van der Waals surface area contributed by atoms with Crippen LogP contribution in [0.2, 0.25) is 0 Å². The van der Waals surface area contributed by atoms with Crippen LogP contribution in [-0.4, -0.2) is 23.2 Å². The molecule has 1 amide bonds. The standard InChI is InChI=1S/C25H23BrN4O/c1-17-14-20(18(2)30(17)24-13-6-5-11-22(24)26)15-28-29-25(31)16-27-23-12-7-9-19-8-3-4-10-21(19)23/h3-15,27H,16H2,1-2H3,(H,29,31)/b28-15-. The minimum Gasteiger partial charge on any atom is -0.376 e. The highest BCUT2D eigenvalue weighted by Crippen LogP contribution is 2.26. The smallest absolute Gasteiger partial charge is 0.259 e. The predicted molar refractivity (Wildman–Crippen MR) is 131 cm³/mol. The quantitative estimate of drug-likeness (QED) is 0.283. The van der Waals surface area contributed by atoms with Crippen molar-refractivity contribution in [1.29, 1.82) is 0 Å². The van der Waals surface area contributed by atoms with Crippen LogP contribution in [-0.2, 0) is 4.79 Å². The zero-order valence-corrected chi connectivity index (χ0v) is 19.0. The summed E-state index contributed by atoms with van der Waals surface area (Å²) in [5, 5.41) is 9.57. The Kier molecular flexibility index (Phi) is 6.18. The van der Waals surface area contributed by atoms with Gasteiger partial charge in [-0.3, -0.25) is 4.79 Å². The molecule has 0 unspecified atom stereocenters. The molecule has 0 aliphatic heterocycles. The number of nitrogens with zero attached hydrogens (tertiary/aromatic N) is 2. The lowest BCUT2D eigenvalue weighted by molar-refractivity contribution is -0.119. The first kappa shape index (κ1) is 20.9. The summed E-state index contributed by atoms with van der Waals surface area (Å²) in [6.45, 7) is 4.23. The number of anilines is 1. The van der Waals surface area contributed by atoms with Crippen LogP contribution in [0.4, 0.5) is 5.69 Å². The van der Waals surface area contributed by atoms with E-state index in [4.69, 9.17) is 0 Å². The van der Waals surface area contributed by atoms with Crippen molar-refractivity contribution in [3.63, 3.8) is 0 Å². The fourth-order valence-corrected chi connectivity index (χ4v) is 4.15. The molecule has 0 atom stereocenters. The SMILES string of the molecule is Cc1cc(/C=N\NC(=O)CNc2cccc3ccccc23)c(C)n1-c1ccccc1Br. The Balaban J connectivity index is 1.41. The van der Waals surface area contributed by atoms with Crippen molar-refractivity contribution in [2.75, 3.05) is 11.9 Å². The number of hydrazone groups is 1. The monoisotopic (exact) mass is 474 g/mol. The highest BCUT2D eigenvalue weighted by atomic mass is 79.9. The Morgan fingerprint density at radius 1 is 1.03 bits per heavy atom. The summed E-state index contributed by atoms with van der Waals surface area (Å²) in [6.07, 6.45) is 1.69. The topological polar surface area (TPSA) is 58.4 Å². The van der Waals surface area contributed by atoms with Gasteiger partial charge < -0.3 is 9.88 Å². The molecular weight excluding hydrogens is 452 g/mol. The fraction of sp³-hybridized carbons (Fsp3) is 0.120. The van der Waals surface area contributed by atoms with Gasteiger partial charge in [0.05, 0.1) is 18.4 Å². The molecule has 4 rings (SSSR count). The number of fused-ring (bicyclic) bond motifs is 1. The first-order chi connectivity index (χ1) is 15.0. The number of rotatable bonds is 6. The largest absolute Gasteiger partial charge is 0.376 e. The van der Waals surface area contributed by atoms with Crippen molar-refractivity contribution in [3.8, 4) is 5.69 Å². The molecular formula is C25H23BrN4O. The van der Waals surface area contributed by atoms with E-state index in [0.29, 0.717) is 0 Å². The third-order valence-corrected chi connectivity index (χ3v) is 5.86. The van der Waals surface area contributed by atoms with Gasteiger partial charge in [-0.15, -0.1) is 0 Å². The summed E-state index contributed by atoms with van der Waals surface area (Å²) >= 11 is 3.62. The number of benzene rings is 3. The highest BCUT2D eigenvalue weighted by Gasteiger charge is 2.11. The van der Waals surface area contributed by atoms with Gasteiger partial charge in [0, 0.05) is 32.5 Å². The van der Waals surface area contributed by atoms with Crippen molar-refractivity contribution in [3.05, 3.63) is 94.2 Å². The molecule has 0 bridgehead atoms. The van der Waals surface area contributed by atoms with Crippen LogP contribution in [0.3, 0.4) is 0 Å². The van der Waals surface area contributed by atoms with E-state index in [0.717, 1.165) is 43.6 Å². The zero-order valence-electron chi connectivity index (χ0n) is 17.4. The lowest BCUT2D eigenvalue weighted by Gasteiger charge is -2.11. The number of nitrogens with one attached hydrogen (secondary N) is 2. The Hall–Kier alpha value is -3.38. The average molecular weight is 475 g/mol. The molecule has 31 heavy (non-hydrogen) atoms. The van der Waals surface area contributed by atoms with E-state index < -0.39 is 0 Å². The van der Waals surface area contributed by atoms with E-state index in [1.807, 2.05) is 55.5 Å². The van der Waals surface area contributed by atoms with Crippen molar-refractivity contribution in [2.24, 2.45) is 5.10 Å². The second-order valence-electron chi connectivity index (χ2n) is 7.29. The molecule has 5 nitrogen and oxygen atoms in total. The van der Waals surface area contributed by atoms with Crippen molar-refractivity contribution in [1.82, 2.24) is 9.99 Å². The predicted octanol–water partition coefficient (Wildman–Crippen LogP) is 5.57. The van der Waals surface area contributed by atoms with E-state index >= 15 is 0 Å². The van der Waals surface area contributed by atoms with Crippen molar-refractivity contribution in [2.45, 2.75) is 13.8 Å². The van der Waals surface area contributed by atoms with E-state index in [-0.39, 0.29) is 12.5 Å². The van der Waals surface area contributed by atoms with E-state index in [1.54, 1.807) is 6.21 Å². The maximum atomic E-state index is 12.3. The van der Waals surface area contributed by atoms with Crippen molar-refractivity contribution >= 4 is 44.5 Å². The number of para-hydroxylation sites is 1. The minimum absolute atomic E-state index is 0.140. The van der Waals surface area contributed by atoms with Gasteiger partial charge in [0.15, 0.2) is 0 Å². The number of halogens is 1. The van der Waals surface area contributed by atoms with Gasteiger partial charge >= 0.3 is 0 Å². The van der Waals surface area contributed by atoms with Crippen LogP contribution in [0.15, 0.2) is 82.4 Å². The number of hydrogen-bond acceptors (Lipinski definition) is 3. The number of carbonyl (C=O) groups is 1. The molecule has 2 N–H and O–H groups in total. The number of amides is 1. The molecule has 156 valence electrons. The molecule has 6 heteroatoms. The Morgan fingerprint density at radius 3 is 2.61 bits per heavy atom. The maximum absolute atomic E-state index is 12.3. The van der Waals surface area contributed by atoms with Crippen LogP contribution in [0.5, 0.6) is 0 Å². The van der Waals surface area contributed by atoms with Gasteiger partial charge in [-0.2, -0.15) is 5.10 Å². The zero-order chi connectivity index (χ0) is 21.8. The molecule has 1 heterocycles. The minimum atomic E-state index is -0.205. The number of carbonyl (C=O) groups excluding carboxylic acids is 1. The summed E-state index contributed by atoms with van der Waals surface area (Å²) in [4.78, 5) is 12.3. The normalized spacial score (nSPS) is 11.2. The highest BCUT2D eigenvalue weighted by molar-refractivity contribution is 9.10. The molecule has 0 spiro atoms. The van der Waals surface area contributed by atoms with Crippen LogP contribution in [0, 0.1) is 13.8 Å². The van der Waals surface area contributed by atoms with Gasteiger partial charge in [0.2, 0.25) is 0 Å². The van der Waals surface area contributed by atoms with E-state index in [1.165, 1.54) is 0 Å². The molecule has 4 aromatic rings. The summed E-state index contributed by atoms with van der Waals surface area (Å²) in [6, 6.07) is 24.2. The van der Waals surface area contributed by atoms with E-state index in [9.17, 15) is 4.79 Å². The molecule has 0 saturated carbocycles. The Labute approximate surface area is 189 Å². The molecule has 1 aromatic heterocycles. The summed E-state index contributed by atoms with van der Waals surface area (Å²) < 4.78 is 3.18. The Bertz CT molecular complexity index is 1270. The van der Waals surface area contributed by atoms with Crippen LogP contribution in [0.1, 0.15) is 17.0 Å². The first-order valence-corrected chi connectivity index (χ1v) is 10.8. The molecule has 0 fully saturated rings. The van der Waals surface area contributed by atoms with Crippen molar-refractivity contribution < 1.29 is 4.79 Å². The molecule has 0 saturated heterocycles. The molecule has 0 aliphatic rings.